The molecule has 312 valence electrons. The van der Waals surface area contributed by atoms with Gasteiger partial charge in [0, 0.05) is 0 Å². The highest BCUT2D eigenvalue weighted by Crippen LogP contribution is 2.21. The molecule has 0 saturated carbocycles. The number of carboxylic acids is 1. The second kappa shape index (κ2) is 46.6. The van der Waals surface area contributed by atoms with E-state index in [-0.39, 0.29) is 5.92 Å². The first-order chi connectivity index (χ1) is 25.7. The maximum absolute atomic E-state index is 11.8. The normalized spacial score (nSPS) is 12.2. The third-order valence-electron chi connectivity index (χ3n) is 12.2. The van der Waals surface area contributed by atoms with Gasteiger partial charge in [0.1, 0.15) is 0 Å². The molecular formula is C50H100O2. The van der Waals surface area contributed by atoms with Crippen LogP contribution in [0.2, 0.25) is 0 Å². The summed E-state index contributed by atoms with van der Waals surface area (Å²) in [5.41, 5.74) is 0. The molecule has 2 nitrogen and oxygen atoms in total. The molecular weight excluding hydrogens is 633 g/mol. The molecule has 0 aliphatic carbocycles. The van der Waals surface area contributed by atoms with E-state index in [4.69, 9.17) is 0 Å². The first-order valence-electron chi connectivity index (χ1n) is 24.9. The van der Waals surface area contributed by atoms with Crippen LogP contribution in [0.25, 0.3) is 0 Å². The van der Waals surface area contributed by atoms with Crippen molar-refractivity contribution in [1.82, 2.24) is 0 Å². The third-order valence-corrected chi connectivity index (χ3v) is 12.2. The van der Waals surface area contributed by atoms with Crippen LogP contribution in [0, 0.1) is 5.92 Å². The molecule has 0 aromatic carbocycles. The Hall–Kier alpha value is -0.530. The van der Waals surface area contributed by atoms with E-state index in [9.17, 15) is 9.90 Å². The van der Waals surface area contributed by atoms with Crippen molar-refractivity contribution in [3.8, 4) is 0 Å². The molecule has 0 amide bonds. The van der Waals surface area contributed by atoms with Gasteiger partial charge in [-0.3, -0.25) is 4.79 Å². The van der Waals surface area contributed by atoms with Gasteiger partial charge in [-0.05, 0) is 12.8 Å². The lowest BCUT2D eigenvalue weighted by Gasteiger charge is -2.12. The standard InChI is InChI=1S/C50H100O2/c1-3-5-7-9-11-13-15-17-19-20-21-22-23-24-25-26-27-28-29-30-31-32-33-34-36-38-40-42-44-46-48-49(50(51)52)47-45-43-41-39-37-35-18-16-14-12-10-8-6-4-2/h49H,3-48H2,1-2H3,(H,51,52). The number of hydrogen-bond acceptors (Lipinski definition) is 1. The zero-order chi connectivity index (χ0) is 37.7. The Morgan fingerprint density at radius 3 is 0.538 bits per heavy atom. The maximum Gasteiger partial charge on any atom is 0.306 e. The van der Waals surface area contributed by atoms with Crippen molar-refractivity contribution in [3.63, 3.8) is 0 Å². The average molecular weight is 733 g/mol. The van der Waals surface area contributed by atoms with Crippen molar-refractivity contribution in [2.75, 3.05) is 0 Å². The predicted molar refractivity (Wildman–Crippen MR) is 235 cm³/mol. The molecule has 0 heterocycles. The molecule has 0 aliphatic heterocycles. The van der Waals surface area contributed by atoms with Crippen LogP contribution >= 0.6 is 0 Å². The molecule has 0 fully saturated rings. The van der Waals surface area contributed by atoms with Gasteiger partial charge in [0.25, 0.3) is 0 Å². The number of hydrogen-bond donors (Lipinski definition) is 1. The second-order valence-corrected chi connectivity index (χ2v) is 17.5. The van der Waals surface area contributed by atoms with Crippen molar-refractivity contribution >= 4 is 5.97 Å². The zero-order valence-electron chi connectivity index (χ0n) is 36.5. The SMILES string of the molecule is CCCCCCCCCCCCCCCCCCCCCCCCCCCCCCCCC(CCCCCCCCCCCCCCCC)C(=O)O. The molecule has 1 unspecified atom stereocenters. The Bertz CT molecular complexity index is 644. The van der Waals surface area contributed by atoms with E-state index in [2.05, 4.69) is 13.8 Å². The highest BCUT2D eigenvalue weighted by Gasteiger charge is 2.16. The van der Waals surface area contributed by atoms with Gasteiger partial charge in [-0.1, -0.05) is 296 Å². The van der Waals surface area contributed by atoms with E-state index in [1.807, 2.05) is 0 Å². The smallest absolute Gasteiger partial charge is 0.306 e. The van der Waals surface area contributed by atoms with Crippen LogP contribution in [0.15, 0.2) is 0 Å². The molecule has 0 spiro atoms. The van der Waals surface area contributed by atoms with Crippen LogP contribution in [-0.2, 0) is 4.79 Å². The van der Waals surface area contributed by atoms with Gasteiger partial charge < -0.3 is 5.11 Å². The fourth-order valence-corrected chi connectivity index (χ4v) is 8.39. The molecule has 0 aromatic rings. The minimum absolute atomic E-state index is 0.101. The van der Waals surface area contributed by atoms with Crippen LogP contribution in [0.4, 0.5) is 0 Å². The van der Waals surface area contributed by atoms with Crippen LogP contribution in [0.1, 0.15) is 309 Å². The van der Waals surface area contributed by atoms with Crippen LogP contribution in [0.5, 0.6) is 0 Å². The molecule has 0 aromatic heterocycles. The zero-order valence-corrected chi connectivity index (χ0v) is 36.5. The highest BCUT2D eigenvalue weighted by molar-refractivity contribution is 5.69. The molecule has 0 rings (SSSR count). The van der Waals surface area contributed by atoms with Crippen molar-refractivity contribution in [1.29, 1.82) is 0 Å². The summed E-state index contributed by atoms with van der Waals surface area (Å²) >= 11 is 0. The number of aliphatic carboxylic acids is 1. The van der Waals surface area contributed by atoms with Gasteiger partial charge in [-0.25, -0.2) is 0 Å². The number of rotatable bonds is 47. The second-order valence-electron chi connectivity index (χ2n) is 17.5. The van der Waals surface area contributed by atoms with E-state index in [0.29, 0.717) is 0 Å². The van der Waals surface area contributed by atoms with Crippen LogP contribution in [-0.4, -0.2) is 11.1 Å². The Morgan fingerprint density at radius 2 is 0.404 bits per heavy atom. The molecule has 1 N–H and O–H groups in total. The first-order valence-corrected chi connectivity index (χ1v) is 24.9. The lowest BCUT2D eigenvalue weighted by atomic mass is 9.94. The van der Waals surface area contributed by atoms with Crippen molar-refractivity contribution in [3.05, 3.63) is 0 Å². The maximum atomic E-state index is 11.8. The number of carbonyl (C=O) groups is 1. The van der Waals surface area contributed by atoms with E-state index in [1.54, 1.807) is 0 Å². The lowest BCUT2D eigenvalue weighted by Crippen LogP contribution is -2.13. The minimum atomic E-state index is -0.551. The molecule has 2 heteroatoms. The summed E-state index contributed by atoms with van der Waals surface area (Å²) in [5, 5.41) is 9.69. The van der Waals surface area contributed by atoms with Gasteiger partial charge in [-0.2, -0.15) is 0 Å². The van der Waals surface area contributed by atoms with E-state index in [0.717, 1.165) is 25.7 Å². The predicted octanol–water partition coefficient (Wildman–Crippen LogP) is 18.7. The fourth-order valence-electron chi connectivity index (χ4n) is 8.39. The topological polar surface area (TPSA) is 37.3 Å². The lowest BCUT2D eigenvalue weighted by molar-refractivity contribution is -0.142. The third kappa shape index (κ3) is 43.9. The minimum Gasteiger partial charge on any atom is -0.481 e. The highest BCUT2D eigenvalue weighted by atomic mass is 16.4. The molecule has 0 aliphatic rings. The molecule has 1 atom stereocenters. The largest absolute Gasteiger partial charge is 0.481 e. The van der Waals surface area contributed by atoms with Gasteiger partial charge in [-0.15, -0.1) is 0 Å². The van der Waals surface area contributed by atoms with Gasteiger partial charge in [0.15, 0.2) is 0 Å². The van der Waals surface area contributed by atoms with E-state index < -0.39 is 5.97 Å². The van der Waals surface area contributed by atoms with E-state index in [1.165, 1.54) is 270 Å². The molecule has 52 heavy (non-hydrogen) atoms. The monoisotopic (exact) mass is 733 g/mol. The Kier molecular flexibility index (Phi) is 46.1. The average Bonchev–Trinajstić information content (AvgIpc) is 3.14. The summed E-state index contributed by atoms with van der Waals surface area (Å²) in [7, 11) is 0. The quantitative estimate of drug-likeness (QED) is 0.0633. The van der Waals surface area contributed by atoms with Crippen molar-refractivity contribution < 1.29 is 9.90 Å². The van der Waals surface area contributed by atoms with Crippen molar-refractivity contribution in [2.45, 2.75) is 309 Å². The van der Waals surface area contributed by atoms with Gasteiger partial charge in [0.2, 0.25) is 0 Å². The van der Waals surface area contributed by atoms with Gasteiger partial charge >= 0.3 is 5.97 Å². The Labute approximate surface area is 330 Å². The molecule has 0 radical (unpaired) electrons. The van der Waals surface area contributed by atoms with E-state index >= 15 is 0 Å². The Balaban J connectivity index is 3.28. The number of unbranched alkanes of at least 4 members (excludes halogenated alkanes) is 42. The van der Waals surface area contributed by atoms with Gasteiger partial charge in [0.05, 0.1) is 5.92 Å². The Morgan fingerprint density at radius 1 is 0.269 bits per heavy atom. The summed E-state index contributed by atoms with van der Waals surface area (Å²) in [4.78, 5) is 11.8. The molecule has 0 bridgehead atoms. The summed E-state index contributed by atoms with van der Waals surface area (Å²) in [6.45, 7) is 4.59. The van der Waals surface area contributed by atoms with Crippen molar-refractivity contribution in [2.24, 2.45) is 5.92 Å². The summed E-state index contributed by atoms with van der Waals surface area (Å²) in [6, 6.07) is 0. The fraction of sp³-hybridized carbons (Fsp3) is 0.980. The summed E-state index contributed by atoms with van der Waals surface area (Å²) < 4.78 is 0. The summed E-state index contributed by atoms with van der Waals surface area (Å²) in [6.07, 6.45) is 63.6. The van der Waals surface area contributed by atoms with Crippen LogP contribution in [0.3, 0.4) is 0 Å². The first kappa shape index (κ1) is 51.5. The molecule has 0 saturated heterocycles. The van der Waals surface area contributed by atoms with Crippen LogP contribution < -0.4 is 0 Å². The summed E-state index contributed by atoms with van der Waals surface area (Å²) in [5.74, 6) is -0.652. The number of carboxylic acid groups (broad SMARTS) is 1.